The van der Waals surface area contributed by atoms with E-state index in [-0.39, 0.29) is 17.0 Å². The molecule has 1 amide bonds. The number of anilines is 1. The van der Waals surface area contributed by atoms with Crippen LogP contribution in [0.25, 0.3) is 0 Å². The zero-order chi connectivity index (χ0) is 21.5. The number of rotatable bonds is 14. The summed E-state index contributed by atoms with van der Waals surface area (Å²) in [5.74, 6) is -1.30. The molecule has 0 atom stereocenters. The van der Waals surface area contributed by atoms with E-state index in [9.17, 15) is 14.4 Å². The Labute approximate surface area is 174 Å². The van der Waals surface area contributed by atoms with Crippen LogP contribution in [0, 0.1) is 0 Å². The van der Waals surface area contributed by atoms with Gasteiger partial charge in [0.2, 0.25) is 5.91 Å². The van der Waals surface area contributed by atoms with Crippen LogP contribution >= 0.6 is 0 Å². The molecule has 29 heavy (non-hydrogen) atoms. The fourth-order valence-corrected chi connectivity index (χ4v) is 3.17. The fourth-order valence-electron chi connectivity index (χ4n) is 3.17. The number of nitrogens with one attached hydrogen (secondary N) is 1. The lowest BCUT2D eigenvalue weighted by atomic mass is 10.1. The zero-order valence-electron chi connectivity index (χ0n) is 18.1. The minimum atomic E-state index is -0.582. The van der Waals surface area contributed by atoms with Gasteiger partial charge < -0.3 is 14.8 Å². The number of unbranched alkanes of at least 4 members (excludes halogenated alkanes) is 9. The van der Waals surface area contributed by atoms with Crippen molar-refractivity contribution in [2.24, 2.45) is 0 Å². The number of amides is 1. The van der Waals surface area contributed by atoms with Crippen molar-refractivity contribution < 1.29 is 23.9 Å². The molecule has 1 N–H and O–H groups in total. The van der Waals surface area contributed by atoms with Crippen LogP contribution in [0.3, 0.4) is 0 Å². The summed E-state index contributed by atoms with van der Waals surface area (Å²) in [6.45, 7) is 2.23. The number of hydrogen-bond donors (Lipinski definition) is 1. The summed E-state index contributed by atoms with van der Waals surface area (Å²) in [6.07, 6.45) is 12.5. The highest BCUT2D eigenvalue weighted by atomic mass is 16.5. The molecule has 0 unspecified atom stereocenters. The number of hydrogen-bond acceptors (Lipinski definition) is 5. The lowest BCUT2D eigenvalue weighted by Crippen LogP contribution is -2.14. The van der Waals surface area contributed by atoms with E-state index in [1.165, 1.54) is 77.4 Å². The number of methoxy groups -OCH3 is 2. The van der Waals surface area contributed by atoms with Gasteiger partial charge >= 0.3 is 11.9 Å². The highest BCUT2D eigenvalue weighted by Crippen LogP contribution is 2.18. The lowest BCUT2D eigenvalue weighted by Gasteiger charge is -2.09. The maximum absolute atomic E-state index is 12.2. The first-order valence-corrected chi connectivity index (χ1v) is 10.6. The van der Waals surface area contributed by atoms with Gasteiger partial charge in [-0.25, -0.2) is 9.59 Å². The molecule has 0 aromatic heterocycles. The van der Waals surface area contributed by atoms with Crippen molar-refractivity contribution in [2.45, 2.75) is 77.6 Å². The molecule has 0 spiro atoms. The summed E-state index contributed by atoms with van der Waals surface area (Å²) < 4.78 is 9.40. The van der Waals surface area contributed by atoms with Crippen LogP contribution < -0.4 is 5.32 Å². The third-order valence-electron chi connectivity index (χ3n) is 4.82. The van der Waals surface area contributed by atoms with Gasteiger partial charge in [-0.2, -0.15) is 0 Å². The second-order valence-corrected chi connectivity index (χ2v) is 7.26. The molecule has 6 nitrogen and oxygen atoms in total. The molecule has 0 bridgehead atoms. The van der Waals surface area contributed by atoms with Crippen LogP contribution in [-0.2, 0) is 14.3 Å². The molecule has 1 rings (SSSR count). The van der Waals surface area contributed by atoms with E-state index in [0.717, 1.165) is 19.3 Å². The molecule has 6 heteroatoms. The normalized spacial score (nSPS) is 10.4. The van der Waals surface area contributed by atoms with Crippen molar-refractivity contribution in [1.29, 1.82) is 0 Å². The third kappa shape index (κ3) is 10.1. The molecular formula is C23H35NO5. The molecule has 0 aliphatic heterocycles. The Balaban J connectivity index is 2.39. The molecule has 162 valence electrons. The standard InChI is InChI=1S/C23H35NO5/c1-4-5-6-7-8-9-10-11-12-13-14-21(25)24-20-16-18(22(26)28-2)15-19(17-20)23(27)29-3/h15-17H,4-14H2,1-3H3,(H,24,25). The van der Waals surface area contributed by atoms with E-state index in [2.05, 4.69) is 12.2 Å². The second kappa shape index (κ2) is 14.6. The molecule has 0 heterocycles. The van der Waals surface area contributed by atoms with Crippen molar-refractivity contribution in [3.8, 4) is 0 Å². The maximum atomic E-state index is 12.2. The van der Waals surface area contributed by atoms with Gasteiger partial charge in [0.1, 0.15) is 0 Å². The molecular weight excluding hydrogens is 370 g/mol. The summed E-state index contributed by atoms with van der Waals surface area (Å²) in [7, 11) is 2.52. The number of carbonyl (C=O) groups excluding carboxylic acids is 3. The fraction of sp³-hybridized carbons (Fsp3) is 0.609. The predicted octanol–water partition coefficient (Wildman–Crippen LogP) is 5.51. The topological polar surface area (TPSA) is 81.7 Å². The average Bonchev–Trinajstić information content (AvgIpc) is 2.73. The average molecular weight is 406 g/mol. The number of esters is 2. The highest BCUT2D eigenvalue weighted by Gasteiger charge is 2.15. The molecule has 0 saturated carbocycles. The first-order chi connectivity index (χ1) is 14.0. The molecule has 0 aliphatic rings. The third-order valence-corrected chi connectivity index (χ3v) is 4.82. The first kappa shape index (κ1) is 24.7. The quantitative estimate of drug-likeness (QED) is 0.326. The molecule has 0 aliphatic carbocycles. The van der Waals surface area contributed by atoms with Crippen molar-refractivity contribution >= 4 is 23.5 Å². The van der Waals surface area contributed by atoms with E-state index < -0.39 is 11.9 Å². The van der Waals surface area contributed by atoms with Gasteiger partial charge in [-0.15, -0.1) is 0 Å². The van der Waals surface area contributed by atoms with Crippen molar-refractivity contribution in [3.63, 3.8) is 0 Å². The van der Waals surface area contributed by atoms with Crippen LogP contribution in [-0.4, -0.2) is 32.1 Å². The monoisotopic (exact) mass is 405 g/mol. The Kier molecular flexibility index (Phi) is 12.4. The molecule has 1 aromatic rings. The Morgan fingerprint density at radius 3 is 1.62 bits per heavy atom. The highest BCUT2D eigenvalue weighted by molar-refractivity contribution is 5.99. The Morgan fingerprint density at radius 2 is 1.17 bits per heavy atom. The van der Waals surface area contributed by atoms with Crippen LogP contribution in [0.2, 0.25) is 0 Å². The van der Waals surface area contributed by atoms with E-state index in [4.69, 9.17) is 9.47 Å². The second-order valence-electron chi connectivity index (χ2n) is 7.26. The van der Waals surface area contributed by atoms with Crippen LogP contribution in [0.4, 0.5) is 5.69 Å². The summed E-state index contributed by atoms with van der Waals surface area (Å²) >= 11 is 0. The molecule has 1 aromatic carbocycles. The minimum Gasteiger partial charge on any atom is -0.465 e. The van der Waals surface area contributed by atoms with E-state index in [1.54, 1.807) is 0 Å². The van der Waals surface area contributed by atoms with Crippen LogP contribution in [0.5, 0.6) is 0 Å². The van der Waals surface area contributed by atoms with Gasteiger partial charge in [-0.1, -0.05) is 64.7 Å². The maximum Gasteiger partial charge on any atom is 0.337 e. The SMILES string of the molecule is CCCCCCCCCCCCC(=O)Nc1cc(C(=O)OC)cc(C(=O)OC)c1. The van der Waals surface area contributed by atoms with Crippen molar-refractivity contribution in [3.05, 3.63) is 29.3 Å². The first-order valence-electron chi connectivity index (χ1n) is 10.6. The van der Waals surface area contributed by atoms with Gasteiger partial charge in [-0.05, 0) is 24.6 Å². The minimum absolute atomic E-state index is 0.137. The van der Waals surface area contributed by atoms with E-state index in [0.29, 0.717) is 12.1 Å². The van der Waals surface area contributed by atoms with Gasteiger partial charge in [0.15, 0.2) is 0 Å². The van der Waals surface area contributed by atoms with Gasteiger partial charge in [-0.3, -0.25) is 4.79 Å². The van der Waals surface area contributed by atoms with Crippen molar-refractivity contribution in [1.82, 2.24) is 0 Å². The molecule has 0 saturated heterocycles. The van der Waals surface area contributed by atoms with E-state index >= 15 is 0 Å². The Hall–Kier alpha value is -2.37. The Bertz CT molecular complexity index is 622. The molecule has 0 fully saturated rings. The van der Waals surface area contributed by atoms with Gasteiger partial charge in [0, 0.05) is 12.1 Å². The van der Waals surface area contributed by atoms with Crippen LogP contribution in [0.15, 0.2) is 18.2 Å². The van der Waals surface area contributed by atoms with Crippen molar-refractivity contribution in [2.75, 3.05) is 19.5 Å². The van der Waals surface area contributed by atoms with Gasteiger partial charge in [0.25, 0.3) is 0 Å². The zero-order valence-corrected chi connectivity index (χ0v) is 18.1. The largest absolute Gasteiger partial charge is 0.465 e. The molecule has 0 radical (unpaired) electrons. The predicted molar refractivity (Wildman–Crippen MR) is 114 cm³/mol. The number of carbonyl (C=O) groups is 3. The lowest BCUT2D eigenvalue weighted by molar-refractivity contribution is -0.116. The number of ether oxygens (including phenoxy) is 2. The van der Waals surface area contributed by atoms with Crippen LogP contribution in [0.1, 0.15) is 98.3 Å². The Morgan fingerprint density at radius 1 is 0.724 bits per heavy atom. The summed E-state index contributed by atoms with van der Waals surface area (Å²) in [4.78, 5) is 35.8. The van der Waals surface area contributed by atoms with E-state index in [1.807, 2.05) is 0 Å². The summed E-state index contributed by atoms with van der Waals surface area (Å²) in [5.41, 5.74) is 0.750. The summed E-state index contributed by atoms with van der Waals surface area (Å²) in [5, 5.41) is 2.76. The summed E-state index contributed by atoms with van der Waals surface area (Å²) in [6, 6.07) is 4.37. The smallest absolute Gasteiger partial charge is 0.337 e. The number of benzene rings is 1. The van der Waals surface area contributed by atoms with Gasteiger partial charge in [0.05, 0.1) is 25.3 Å².